The largest absolute Gasteiger partial charge is 0.339 e. The highest BCUT2D eigenvalue weighted by Gasteiger charge is 2.32. The quantitative estimate of drug-likeness (QED) is 0.780. The molecule has 1 fully saturated rings. The van der Waals surface area contributed by atoms with Crippen molar-refractivity contribution in [3.63, 3.8) is 0 Å². The molecule has 0 saturated heterocycles. The molecule has 16 heavy (non-hydrogen) atoms. The van der Waals surface area contributed by atoms with Crippen molar-refractivity contribution in [1.29, 1.82) is 0 Å². The lowest BCUT2D eigenvalue weighted by Gasteiger charge is -2.24. The Kier molecular flexibility index (Phi) is 3.52. The SMILES string of the molecule is CC(C1CC1)N(C)C(=O)c1ccc(I)cc1. The Balaban J connectivity index is 2.08. The monoisotopic (exact) mass is 329 g/mol. The van der Waals surface area contributed by atoms with Gasteiger partial charge in [-0.05, 0) is 72.5 Å². The summed E-state index contributed by atoms with van der Waals surface area (Å²) in [5.74, 6) is 0.855. The predicted molar refractivity (Wildman–Crippen MR) is 73.4 cm³/mol. The van der Waals surface area contributed by atoms with E-state index in [9.17, 15) is 4.79 Å². The highest BCUT2D eigenvalue weighted by molar-refractivity contribution is 14.1. The van der Waals surface area contributed by atoms with Crippen LogP contribution < -0.4 is 0 Å². The Labute approximate surface area is 110 Å². The Bertz CT molecular complexity index is 383. The smallest absolute Gasteiger partial charge is 0.253 e. The fourth-order valence-corrected chi connectivity index (χ4v) is 2.24. The molecular weight excluding hydrogens is 313 g/mol. The van der Waals surface area contributed by atoms with Crippen LogP contribution >= 0.6 is 22.6 Å². The molecule has 0 radical (unpaired) electrons. The molecule has 0 aliphatic heterocycles. The van der Waals surface area contributed by atoms with Crippen molar-refractivity contribution in [1.82, 2.24) is 4.90 Å². The van der Waals surface area contributed by atoms with Gasteiger partial charge in [-0.25, -0.2) is 0 Å². The number of halogens is 1. The van der Waals surface area contributed by atoms with Gasteiger partial charge in [-0.15, -0.1) is 0 Å². The van der Waals surface area contributed by atoms with E-state index in [0.29, 0.717) is 6.04 Å². The average Bonchev–Trinajstić information content (AvgIpc) is 3.11. The number of hydrogen-bond donors (Lipinski definition) is 0. The molecule has 1 saturated carbocycles. The van der Waals surface area contributed by atoms with Gasteiger partial charge < -0.3 is 4.90 Å². The van der Waals surface area contributed by atoms with Crippen LogP contribution in [0.4, 0.5) is 0 Å². The van der Waals surface area contributed by atoms with Crippen LogP contribution in [0, 0.1) is 9.49 Å². The van der Waals surface area contributed by atoms with Crippen LogP contribution in [-0.2, 0) is 0 Å². The van der Waals surface area contributed by atoms with Crippen molar-refractivity contribution in [2.24, 2.45) is 5.92 Å². The van der Waals surface area contributed by atoms with Gasteiger partial charge in [0.05, 0.1) is 0 Å². The van der Waals surface area contributed by atoms with Crippen LogP contribution in [0.25, 0.3) is 0 Å². The zero-order valence-corrected chi connectivity index (χ0v) is 11.8. The Morgan fingerprint density at radius 3 is 2.44 bits per heavy atom. The fourth-order valence-electron chi connectivity index (χ4n) is 1.88. The zero-order valence-electron chi connectivity index (χ0n) is 9.61. The van der Waals surface area contributed by atoms with Crippen molar-refractivity contribution in [3.05, 3.63) is 33.4 Å². The second-order valence-electron chi connectivity index (χ2n) is 4.50. The number of carbonyl (C=O) groups is 1. The second kappa shape index (κ2) is 4.73. The first kappa shape index (κ1) is 11.9. The number of carbonyl (C=O) groups excluding carboxylic acids is 1. The van der Waals surface area contributed by atoms with Gasteiger partial charge >= 0.3 is 0 Å². The van der Waals surface area contributed by atoms with Gasteiger partial charge in [-0.2, -0.15) is 0 Å². The third kappa shape index (κ3) is 2.56. The molecule has 86 valence electrons. The van der Waals surface area contributed by atoms with E-state index < -0.39 is 0 Å². The van der Waals surface area contributed by atoms with Crippen molar-refractivity contribution >= 4 is 28.5 Å². The lowest BCUT2D eigenvalue weighted by Crippen LogP contribution is -2.36. The fraction of sp³-hybridized carbons (Fsp3) is 0.462. The predicted octanol–water partition coefficient (Wildman–Crippen LogP) is 3.16. The van der Waals surface area contributed by atoms with E-state index in [0.717, 1.165) is 15.1 Å². The summed E-state index contributed by atoms with van der Waals surface area (Å²) in [4.78, 5) is 14.0. The summed E-state index contributed by atoms with van der Waals surface area (Å²) in [6.45, 7) is 2.14. The summed E-state index contributed by atoms with van der Waals surface area (Å²) in [5.41, 5.74) is 0.787. The number of amides is 1. The molecule has 1 aromatic rings. The summed E-state index contributed by atoms with van der Waals surface area (Å²) in [5, 5.41) is 0. The van der Waals surface area contributed by atoms with E-state index >= 15 is 0 Å². The number of rotatable bonds is 3. The molecule has 0 N–H and O–H groups in total. The van der Waals surface area contributed by atoms with Gasteiger partial charge in [0.1, 0.15) is 0 Å². The number of benzene rings is 1. The summed E-state index contributed by atoms with van der Waals surface area (Å²) in [6, 6.07) is 8.12. The summed E-state index contributed by atoms with van der Waals surface area (Å²) < 4.78 is 1.16. The third-order valence-corrected chi connectivity index (χ3v) is 4.05. The van der Waals surface area contributed by atoms with Gasteiger partial charge in [-0.1, -0.05) is 0 Å². The average molecular weight is 329 g/mol. The van der Waals surface area contributed by atoms with Gasteiger partial charge in [-0.3, -0.25) is 4.79 Å². The molecule has 3 heteroatoms. The first-order chi connectivity index (χ1) is 7.59. The third-order valence-electron chi connectivity index (χ3n) is 3.33. The first-order valence-corrected chi connectivity index (χ1v) is 6.70. The van der Waals surface area contributed by atoms with Crippen molar-refractivity contribution in [2.75, 3.05) is 7.05 Å². The zero-order chi connectivity index (χ0) is 11.7. The summed E-state index contributed by atoms with van der Waals surface area (Å²) in [7, 11) is 1.91. The van der Waals surface area contributed by atoms with Gasteiger partial charge in [0.15, 0.2) is 0 Å². The highest BCUT2D eigenvalue weighted by Crippen LogP contribution is 2.35. The van der Waals surface area contributed by atoms with Gasteiger partial charge in [0, 0.05) is 22.2 Å². The minimum absolute atomic E-state index is 0.135. The van der Waals surface area contributed by atoms with Crippen LogP contribution in [0.2, 0.25) is 0 Å². The standard InChI is InChI=1S/C13H16INO/c1-9(10-3-4-10)15(2)13(16)11-5-7-12(14)8-6-11/h5-10H,3-4H2,1-2H3. The van der Waals surface area contributed by atoms with Crippen LogP contribution in [0.3, 0.4) is 0 Å². The number of hydrogen-bond acceptors (Lipinski definition) is 1. The minimum Gasteiger partial charge on any atom is -0.339 e. The minimum atomic E-state index is 0.135. The molecule has 0 bridgehead atoms. The Morgan fingerprint density at radius 1 is 1.38 bits per heavy atom. The Morgan fingerprint density at radius 2 is 1.94 bits per heavy atom. The van der Waals surface area contributed by atoms with Gasteiger partial charge in [0.2, 0.25) is 0 Å². The molecule has 1 aromatic carbocycles. The molecule has 1 aliphatic carbocycles. The first-order valence-electron chi connectivity index (χ1n) is 5.62. The van der Waals surface area contributed by atoms with Crippen molar-refractivity contribution in [2.45, 2.75) is 25.8 Å². The topological polar surface area (TPSA) is 20.3 Å². The highest BCUT2D eigenvalue weighted by atomic mass is 127. The van der Waals surface area contributed by atoms with Crippen LogP contribution in [0.5, 0.6) is 0 Å². The van der Waals surface area contributed by atoms with E-state index in [4.69, 9.17) is 0 Å². The lowest BCUT2D eigenvalue weighted by atomic mass is 10.1. The van der Waals surface area contributed by atoms with E-state index in [1.807, 2.05) is 36.2 Å². The molecule has 0 heterocycles. The van der Waals surface area contributed by atoms with Crippen molar-refractivity contribution in [3.8, 4) is 0 Å². The molecule has 1 aliphatic rings. The maximum Gasteiger partial charge on any atom is 0.253 e. The number of nitrogens with zero attached hydrogens (tertiary/aromatic N) is 1. The molecule has 1 atom stereocenters. The van der Waals surface area contributed by atoms with Gasteiger partial charge in [0.25, 0.3) is 5.91 Å². The van der Waals surface area contributed by atoms with E-state index in [-0.39, 0.29) is 5.91 Å². The summed E-state index contributed by atoms with van der Waals surface area (Å²) >= 11 is 2.25. The maximum atomic E-state index is 12.2. The van der Waals surface area contributed by atoms with E-state index in [2.05, 4.69) is 29.5 Å². The van der Waals surface area contributed by atoms with Crippen LogP contribution in [0.1, 0.15) is 30.1 Å². The molecule has 2 rings (SSSR count). The van der Waals surface area contributed by atoms with Crippen LogP contribution in [0.15, 0.2) is 24.3 Å². The molecule has 1 unspecified atom stereocenters. The molecule has 0 aromatic heterocycles. The molecule has 1 amide bonds. The second-order valence-corrected chi connectivity index (χ2v) is 5.75. The molecule has 0 spiro atoms. The van der Waals surface area contributed by atoms with Crippen LogP contribution in [-0.4, -0.2) is 23.9 Å². The summed E-state index contributed by atoms with van der Waals surface area (Å²) in [6.07, 6.45) is 2.54. The van der Waals surface area contributed by atoms with E-state index in [1.54, 1.807) is 0 Å². The molecule has 2 nitrogen and oxygen atoms in total. The molecular formula is C13H16INO. The Hall–Kier alpha value is -0.580. The lowest BCUT2D eigenvalue weighted by molar-refractivity contribution is 0.0727. The van der Waals surface area contributed by atoms with E-state index in [1.165, 1.54) is 12.8 Å². The maximum absolute atomic E-state index is 12.2. The van der Waals surface area contributed by atoms with Crippen molar-refractivity contribution < 1.29 is 4.79 Å². The normalized spacial score (nSPS) is 16.9.